The number of hydrogen-bond donors (Lipinski definition) is 3. The average Bonchev–Trinajstić information content (AvgIpc) is 1.76. The first-order valence-corrected chi connectivity index (χ1v) is 34.0. The van der Waals surface area contributed by atoms with E-state index in [9.17, 15) is 13.2 Å². The summed E-state index contributed by atoms with van der Waals surface area (Å²) in [6.45, 7) is 12.6. The maximum atomic E-state index is 13.9. The highest BCUT2D eigenvalue weighted by Gasteiger charge is 2.33. The Hall–Kier alpha value is -11.0. The van der Waals surface area contributed by atoms with Crippen molar-refractivity contribution in [2.24, 2.45) is 0 Å². The highest BCUT2D eigenvalue weighted by atomic mass is 19.1. The van der Waals surface area contributed by atoms with Crippen molar-refractivity contribution in [2.45, 2.75) is 154 Å². The smallest absolute Gasteiger partial charge is 0.228 e. The molecule has 0 saturated carbocycles. The van der Waals surface area contributed by atoms with Gasteiger partial charge in [-0.25, -0.2) is 28.1 Å². The molecule has 18 rings (SSSR count). The van der Waals surface area contributed by atoms with E-state index in [1.807, 2.05) is 55.8 Å². The third-order valence-corrected chi connectivity index (χ3v) is 19.9. The predicted octanol–water partition coefficient (Wildman–Crippen LogP) is 14.5. The van der Waals surface area contributed by atoms with Crippen LogP contribution in [0.15, 0.2) is 146 Å². The van der Waals surface area contributed by atoms with Crippen LogP contribution >= 0.6 is 0 Å². The standard InChI is InChI=1S/3C25H24FN7/c3*1-14(2)22-13-29-33-24(22)31-23(17-8-18(26)12-28-11-17)32-25(33)30-19-4-3-15-7-16-10-27-6-5-20(16)21(15)9-19/h3*5-6,8,10-14,19H,3-4,7,9H2,1-2H3,(H,30,31,32)/t2*19-;/m10./s1. The molecule has 24 heteroatoms. The number of allylic oxidation sites excluding steroid dienone is 3. The molecule has 12 heterocycles. The normalized spacial score (nSPS) is 17.5. The maximum Gasteiger partial charge on any atom is 0.228 e. The van der Waals surface area contributed by atoms with Crippen LogP contribution in [0, 0.1) is 17.5 Å². The van der Waals surface area contributed by atoms with Crippen LogP contribution in [-0.2, 0) is 19.3 Å². The Morgan fingerprint density at radius 2 is 0.677 bits per heavy atom. The molecular formula is C75H72F3N21. The van der Waals surface area contributed by atoms with Crippen LogP contribution in [0.1, 0.15) is 167 Å². The Morgan fingerprint density at radius 3 is 0.960 bits per heavy atom. The summed E-state index contributed by atoms with van der Waals surface area (Å²) in [5, 5.41) is 24.6. The lowest BCUT2D eigenvalue weighted by Crippen LogP contribution is -2.25. The SMILES string of the molecule is CC(C)c1cnn2c(NC3CCC4=C(C3)c3ccncc3C4)nc(-c3cncc(F)c3)nc12.CC(C)c1cnn2c(N[C@@H]3CCC4=C(C3)c3ccncc3C4)nc(-c3cncc(F)c3)nc12.CC(C)c1cnn2c(N[C@H]3CCC4=C(C3)c3ccncc3C4)nc(-c3cncc(F)c3)nc12. The topological polar surface area (TPSA) is 243 Å². The Morgan fingerprint density at radius 1 is 0.374 bits per heavy atom. The first kappa shape index (κ1) is 62.7. The maximum absolute atomic E-state index is 13.9. The van der Waals surface area contributed by atoms with Gasteiger partial charge in [-0.3, -0.25) is 29.9 Å². The second-order valence-corrected chi connectivity index (χ2v) is 27.4. The number of nitrogens with zero attached hydrogens (tertiary/aromatic N) is 18. The lowest BCUT2D eigenvalue weighted by molar-refractivity contribution is 0.621. The minimum Gasteiger partial charge on any atom is -0.351 e. The summed E-state index contributed by atoms with van der Waals surface area (Å²) in [6.07, 6.45) is 37.4. The number of hydrogen-bond acceptors (Lipinski definition) is 18. The second-order valence-electron chi connectivity index (χ2n) is 27.4. The summed E-state index contributed by atoms with van der Waals surface area (Å²) in [7, 11) is 0. The van der Waals surface area contributed by atoms with Crippen molar-refractivity contribution >= 4 is 51.5 Å². The minimum absolute atomic E-state index is 0.214. The summed E-state index contributed by atoms with van der Waals surface area (Å²) in [6, 6.07) is 11.3. The molecule has 0 fully saturated rings. The van der Waals surface area contributed by atoms with Crippen molar-refractivity contribution in [2.75, 3.05) is 16.0 Å². The third kappa shape index (κ3) is 12.3. The van der Waals surface area contributed by atoms with Gasteiger partial charge in [0.15, 0.2) is 34.4 Å². The van der Waals surface area contributed by atoms with Gasteiger partial charge in [-0.15, -0.1) is 0 Å². The van der Waals surface area contributed by atoms with Gasteiger partial charge >= 0.3 is 0 Å². The van der Waals surface area contributed by atoms with E-state index in [-0.39, 0.29) is 35.9 Å². The van der Waals surface area contributed by atoms with Crippen molar-refractivity contribution in [1.82, 2.24) is 88.6 Å². The van der Waals surface area contributed by atoms with Gasteiger partial charge in [0.1, 0.15) is 17.5 Å². The summed E-state index contributed by atoms with van der Waals surface area (Å²) in [5.41, 5.74) is 23.7. The first-order valence-electron chi connectivity index (χ1n) is 34.0. The molecule has 6 aliphatic rings. The van der Waals surface area contributed by atoms with Gasteiger partial charge in [0.05, 0.1) is 37.2 Å². The molecule has 0 amide bonds. The molecule has 21 nitrogen and oxygen atoms in total. The van der Waals surface area contributed by atoms with Crippen LogP contribution in [0.5, 0.6) is 0 Å². The molecule has 99 heavy (non-hydrogen) atoms. The highest BCUT2D eigenvalue weighted by Crippen LogP contribution is 2.45. The molecule has 6 aliphatic carbocycles. The highest BCUT2D eigenvalue weighted by molar-refractivity contribution is 5.80. The van der Waals surface area contributed by atoms with Crippen molar-refractivity contribution < 1.29 is 13.2 Å². The zero-order chi connectivity index (χ0) is 67.6. The van der Waals surface area contributed by atoms with Gasteiger partial charge in [-0.2, -0.15) is 43.8 Å². The Labute approximate surface area is 568 Å². The van der Waals surface area contributed by atoms with E-state index in [2.05, 4.69) is 121 Å². The Balaban J connectivity index is 0.000000116. The van der Waals surface area contributed by atoms with Crippen LogP contribution in [0.3, 0.4) is 0 Å². The van der Waals surface area contributed by atoms with Crippen molar-refractivity contribution in [1.29, 1.82) is 0 Å². The zero-order valence-electron chi connectivity index (χ0n) is 55.8. The van der Waals surface area contributed by atoms with Crippen molar-refractivity contribution in [3.05, 3.63) is 214 Å². The lowest BCUT2D eigenvalue weighted by atomic mass is 9.88. The van der Waals surface area contributed by atoms with Crippen molar-refractivity contribution in [3.8, 4) is 34.2 Å². The molecule has 0 aliphatic heterocycles. The monoisotopic (exact) mass is 1320 g/mol. The number of nitrogens with one attached hydrogen (secondary N) is 3. The predicted molar refractivity (Wildman–Crippen MR) is 373 cm³/mol. The number of anilines is 3. The van der Waals surface area contributed by atoms with E-state index in [1.165, 1.54) is 104 Å². The molecular weight excluding hydrogens is 1250 g/mol. The average molecular weight is 1320 g/mol. The zero-order valence-corrected chi connectivity index (χ0v) is 55.8. The fourth-order valence-corrected chi connectivity index (χ4v) is 14.8. The van der Waals surface area contributed by atoms with Gasteiger partial charge in [-0.05, 0) is 181 Å². The summed E-state index contributed by atoms with van der Waals surface area (Å²) < 4.78 is 46.9. The fourth-order valence-electron chi connectivity index (χ4n) is 14.8. The molecule has 12 aromatic rings. The molecule has 3 N–H and O–H groups in total. The molecule has 1 unspecified atom stereocenters. The van der Waals surface area contributed by atoms with Crippen molar-refractivity contribution in [3.63, 3.8) is 0 Å². The molecule has 498 valence electrons. The molecule has 0 bridgehead atoms. The number of pyridine rings is 6. The van der Waals surface area contributed by atoms with Gasteiger partial charge in [-0.1, -0.05) is 58.3 Å². The first-order chi connectivity index (χ1) is 48.2. The number of halogens is 3. The van der Waals surface area contributed by atoms with Crippen LogP contribution in [0.2, 0.25) is 0 Å². The van der Waals surface area contributed by atoms with Gasteiger partial charge < -0.3 is 16.0 Å². The summed E-state index contributed by atoms with van der Waals surface area (Å²) >= 11 is 0. The molecule has 0 saturated heterocycles. The van der Waals surface area contributed by atoms with E-state index in [0.29, 0.717) is 52.0 Å². The van der Waals surface area contributed by atoms with E-state index >= 15 is 0 Å². The summed E-state index contributed by atoms with van der Waals surface area (Å²) in [5.74, 6) is 2.67. The lowest BCUT2D eigenvalue weighted by Gasteiger charge is -2.26. The molecule has 0 aromatic carbocycles. The van der Waals surface area contributed by atoms with E-state index in [4.69, 9.17) is 29.9 Å². The van der Waals surface area contributed by atoms with Gasteiger partial charge in [0.25, 0.3) is 0 Å². The summed E-state index contributed by atoms with van der Waals surface area (Å²) in [4.78, 5) is 53.3. The van der Waals surface area contributed by atoms with E-state index < -0.39 is 17.5 Å². The van der Waals surface area contributed by atoms with Crippen LogP contribution in [0.25, 0.3) is 67.8 Å². The van der Waals surface area contributed by atoms with Crippen LogP contribution < -0.4 is 16.0 Å². The minimum atomic E-state index is -0.413. The molecule has 0 spiro atoms. The molecule has 3 atom stereocenters. The molecule has 12 aromatic heterocycles. The Kier molecular flexibility index (Phi) is 16.5. The number of rotatable bonds is 12. The Bertz CT molecular complexity index is 4730. The number of aromatic nitrogens is 18. The van der Waals surface area contributed by atoms with Gasteiger partial charge in [0, 0.05) is 107 Å². The molecule has 0 radical (unpaired) electrons. The van der Waals surface area contributed by atoms with Gasteiger partial charge in [0.2, 0.25) is 17.8 Å². The fraction of sp³-hybridized carbons (Fsp3) is 0.320. The third-order valence-electron chi connectivity index (χ3n) is 19.9. The largest absolute Gasteiger partial charge is 0.351 e. The second kappa shape index (κ2) is 26.1. The van der Waals surface area contributed by atoms with Crippen LogP contribution in [-0.4, -0.2) is 107 Å². The van der Waals surface area contributed by atoms with E-state index in [0.717, 1.165) is 111 Å². The number of fused-ring (bicyclic) bond motifs is 9. The van der Waals surface area contributed by atoms with Crippen LogP contribution in [0.4, 0.5) is 31.0 Å². The quantitative estimate of drug-likeness (QED) is 0.103. The van der Waals surface area contributed by atoms with E-state index in [1.54, 1.807) is 32.1 Å².